The number of aromatic amines is 1. The van der Waals surface area contributed by atoms with E-state index in [9.17, 15) is 4.79 Å². The van der Waals surface area contributed by atoms with Crippen molar-refractivity contribution in [1.29, 1.82) is 0 Å². The molecule has 0 fully saturated rings. The Kier molecular flexibility index (Phi) is 3.17. The summed E-state index contributed by atoms with van der Waals surface area (Å²) in [6.07, 6.45) is 1.96. The van der Waals surface area contributed by atoms with Crippen LogP contribution in [0.25, 0.3) is 22.0 Å². The van der Waals surface area contributed by atoms with E-state index in [0.29, 0.717) is 5.36 Å². The highest BCUT2D eigenvalue weighted by atomic mass is 16.1. The molecule has 1 heterocycles. The molecule has 0 radical (unpaired) electrons. The van der Waals surface area contributed by atoms with Crippen molar-refractivity contribution >= 4 is 16.8 Å². The molecule has 0 saturated carbocycles. The summed E-state index contributed by atoms with van der Waals surface area (Å²) in [6.45, 7) is 1.46. The predicted octanol–water partition coefficient (Wildman–Crippen LogP) is 3.28. The number of nitrogens with zero attached hydrogens (tertiary/aromatic N) is 1. The molecule has 2 aromatic carbocycles. The van der Waals surface area contributed by atoms with Crippen LogP contribution in [0.15, 0.2) is 65.8 Å². The number of fused-ring (bicyclic) bond motifs is 1. The minimum Gasteiger partial charge on any atom is -0.359 e. The monoisotopic (exact) mass is 262 g/mol. The molecule has 3 nitrogen and oxygen atoms in total. The SMILES string of the molecule is CC(=O)N=c1ccccc2c(-c3ccccc3)c[nH]c12. The number of hydrogen-bond donors (Lipinski definition) is 1. The first-order valence-corrected chi connectivity index (χ1v) is 6.47. The Labute approximate surface area is 116 Å². The molecule has 1 N–H and O–H groups in total. The molecule has 0 bridgehead atoms. The summed E-state index contributed by atoms with van der Waals surface area (Å²) < 4.78 is 0. The Hall–Kier alpha value is -2.68. The molecule has 1 aromatic heterocycles. The van der Waals surface area contributed by atoms with Crippen LogP contribution >= 0.6 is 0 Å². The minimum atomic E-state index is -0.201. The molecule has 3 rings (SSSR count). The molecule has 0 spiro atoms. The van der Waals surface area contributed by atoms with Crippen LogP contribution in [-0.2, 0) is 4.79 Å². The maximum absolute atomic E-state index is 11.3. The number of H-pyrrole nitrogens is 1. The Bertz CT molecular complexity index is 832. The van der Waals surface area contributed by atoms with Crippen LogP contribution in [0.3, 0.4) is 0 Å². The molecular formula is C17H14N2O. The zero-order chi connectivity index (χ0) is 13.9. The van der Waals surface area contributed by atoms with Crippen molar-refractivity contribution < 1.29 is 4.79 Å². The second kappa shape index (κ2) is 5.13. The Morgan fingerprint density at radius 3 is 2.45 bits per heavy atom. The largest absolute Gasteiger partial charge is 0.359 e. The van der Waals surface area contributed by atoms with E-state index in [0.717, 1.165) is 22.0 Å². The lowest BCUT2D eigenvalue weighted by molar-refractivity contribution is -0.116. The fourth-order valence-corrected chi connectivity index (χ4v) is 2.32. The summed E-state index contributed by atoms with van der Waals surface area (Å²) in [5.74, 6) is -0.201. The molecule has 0 atom stereocenters. The number of hydrogen-bond acceptors (Lipinski definition) is 1. The number of amides is 1. The van der Waals surface area contributed by atoms with Crippen molar-refractivity contribution in [3.63, 3.8) is 0 Å². The Morgan fingerprint density at radius 1 is 1.00 bits per heavy atom. The van der Waals surface area contributed by atoms with Gasteiger partial charge in [0.2, 0.25) is 5.91 Å². The van der Waals surface area contributed by atoms with Crippen LogP contribution in [0.1, 0.15) is 6.92 Å². The third-order valence-corrected chi connectivity index (χ3v) is 3.17. The highest BCUT2D eigenvalue weighted by Gasteiger charge is 2.06. The van der Waals surface area contributed by atoms with Crippen molar-refractivity contribution in [2.45, 2.75) is 6.92 Å². The fraction of sp³-hybridized carbons (Fsp3) is 0.0588. The van der Waals surface area contributed by atoms with Crippen LogP contribution in [0.5, 0.6) is 0 Å². The van der Waals surface area contributed by atoms with E-state index in [1.165, 1.54) is 6.92 Å². The van der Waals surface area contributed by atoms with Crippen molar-refractivity contribution in [3.05, 3.63) is 66.2 Å². The van der Waals surface area contributed by atoms with Gasteiger partial charge in [0.25, 0.3) is 0 Å². The van der Waals surface area contributed by atoms with Crippen LogP contribution in [0, 0.1) is 0 Å². The number of benzene rings is 1. The molecule has 0 unspecified atom stereocenters. The van der Waals surface area contributed by atoms with Gasteiger partial charge in [-0.15, -0.1) is 0 Å². The van der Waals surface area contributed by atoms with Crippen molar-refractivity contribution in [3.8, 4) is 11.1 Å². The first-order valence-electron chi connectivity index (χ1n) is 6.47. The van der Waals surface area contributed by atoms with E-state index in [-0.39, 0.29) is 5.91 Å². The topological polar surface area (TPSA) is 45.2 Å². The summed E-state index contributed by atoms with van der Waals surface area (Å²) in [6, 6.07) is 17.9. The fourth-order valence-electron chi connectivity index (χ4n) is 2.32. The Balaban J connectivity index is 2.35. The van der Waals surface area contributed by atoms with Gasteiger partial charge in [-0.2, -0.15) is 0 Å². The quantitative estimate of drug-likeness (QED) is 0.718. The van der Waals surface area contributed by atoms with Crippen LogP contribution in [-0.4, -0.2) is 10.9 Å². The van der Waals surface area contributed by atoms with Gasteiger partial charge in [-0.3, -0.25) is 4.79 Å². The zero-order valence-electron chi connectivity index (χ0n) is 11.1. The second-order valence-electron chi connectivity index (χ2n) is 4.59. The third kappa shape index (κ3) is 2.26. The maximum atomic E-state index is 11.3. The summed E-state index contributed by atoms with van der Waals surface area (Å²) in [5, 5.41) is 1.72. The van der Waals surface area contributed by atoms with Gasteiger partial charge in [0, 0.05) is 24.1 Å². The average Bonchev–Trinajstić information content (AvgIpc) is 2.77. The van der Waals surface area contributed by atoms with Gasteiger partial charge < -0.3 is 4.98 Å². The van der Waals surface area contributed by atoms with Gasteiger partial charge >= 0.3 is 0 Å². The highest BCUT2D eigenvalue weighted by Crippen LogP contribution is 2.26. The van der Waals surface area contributed by atoms with Gasteiger partial charge in [0.1, 0.15) is 0 Å². The van der Waals surface area contributed by atoms with E-state index in [1.807, 2.05) is 48.7 Å². The first-order chi connectivity index (χ1) is 9.75. The predicted molar refractivity (Wildman–Crippen MR) is 80.0 cm³/mol. The molecule has 1 amide bonds. The lowest BCUT2D eigenvalue weighted by atomic mass is 10.1. The first kappa shape index (κ1) is 12.4. The molecular weight excluding hydrogens is 248 g/mol. The number of rotatable bonds is 1. The number of carbonyl (C=O) groups excluding carboxylic acids is 1. The maximum Gasteiger partial charge on any atom is 0.243 e. The van der Waals surface area contributed by atoms with Crippen LogP contribution in [0.4, 0.5) is 0 Å². The summed E-state index contributed by atoms with van der Waals surface area (Å²) >= 11 is 0. The molecule has 3 heteroatoms. The van der Waals surface area contributed by atoms with Gasteiger partial charge in [0.05, 0.1) is 10.9 Å². The molecule has 20 heavy (non-hydrogen) atoms. The van der Waals surface area contributed by atoms with Crippen molar-refractivity contribution in [2.75, 3.05) is 0 Å². The number of aromatic nitrogens is 1. The Morgan fingerprint density at radius 2 is 1.70 bits per heavy atom. The standard InChI is InChI=1S/C17H14N2O/c1-12(20)19-16-10-6-5-9-14-15(11-18-17(14)16)13-7-3-2-4-8-13/h2-11,18H,1H3. The normalized spacial score (nSPS) is 11.8. The second-order valence-corrected chi connectivity index (χ2v) is 4.59. The summed E-state index contributed by atoms with van der Waals surface area (Å²) in [7, 11) is 0. The molecule has 3 aromatic rings. The van der Waals surface area contributed by atoms with Crippen molar-refractivity contribution in [2.24, 2.45) is 4.99 Å². The number of carbonyl (C=O) groups is 1. The van der Waals surface area contributed by atoms with Gasteiger partial charge in [-0.25, -0.2) is 4.99 Å². The van der Waals surface area contributed by atoms with E-state index >= 15 is 0 Å². The molecule has 98 valence electrons. The zero-order valence-corrected chi connectivity index (χ0v) is 11.1. The number of nitrogens with one attached hydrogen (secondary N) is 1. The van der Waals surface area contributed by atoms with Gasteiger partial charge in [-0.05, 0) is 11.6 Å². The lowest BCUT2D eigenvalue weighted by Gasteiger charge is -1.97. The van der Waals surface area contributed by atoms with E-state index < -0.39 is 0 Å². The average molecular weight is 262 g/mol. The molecule has 0 aliphatic rings. The third-order valence-electron chi connectivity index (χ3n) is 3.17. The van der Waals surface area contributed by atoms with E-state index in [4.69, 9.17) is 0 Å². The minimum absolute atomic E-state index is 0.201. The smallest absolute Gasteiger partial charge is 0.243 e. The lowest BCUT2D eigenvalue weighted by Crippen LogP contribution is -2.03. The van der Waals surface area contributed by atoms with Crippen LogP contribution < -0.4 is 5.36 Å². The molecule has 0 aliphatic carbocycles. The van der Waals surface area contributed by atoms with Crippen LogP contribution in [0.2, 0.25) is 0 Å². The highest BCUT2D eigenvalue weighted by molar-refractivity contribution is 5.95. The molecule has 0 saturated heterocycles. The van der Waals surface area contributed by atoms with Gasteiger partial charge in [0.15, 0.2) is 0 Å². The van der Waals surface area contributed by atoms with Crippen molar-refractivity contribution in [1.82, 2.24) is 4.98 Å². The summed E-state index contributed by atoms with van der Waals surface area (Å²) in [4.78, 5) is 18.6. The van der Waals surface area contributed by atoms with Gasteiger partial charge in [-0.1, -0.05) is 48.5 Å². The summed E-state index contributed by atoms with van der Waals surface area (Å²) in [5.41, 5.74) is 3.12. The molecule has 0 aliphatic heterocycles. The van der Waals surface area contributed by atoms with E-state index in [1.54, 1.807) is 0 Å². The van der Waals surface area contributed by atoms with E-state index in [2.05, 4.69) is 22.1 Å².